The average molecular weight is 259 g/mol. The van der Waals surface area contributed by atoms with Crippen LogP contribution in [0.1, 0.15) is 45.5 Å². The number of nitrogens with one attached hydrogen (secondary N) is 1. The molecule has 0 amide bonds. The zero-order chi connectivity index (χ0) is 14.0. The van der Waals surface area contributed by atoms with Crippen LogP contribution in [0.25, 0.3) is 11.0 Å². The highest BCUT2D eigenvalue weighted by atomic mass is 15.1. The van der Waals surface area contributed by atoms with Gasteiger partial charge in [-0.3, -0.25) is 0 Å². The zero-order valence-corrected chi connectivity index (χ0v) is 12.7. The van der Waals surface area contributed by atoms with Gasteiger partial charge in [0.1, 0.15) is 5.82 Å². The Morgan fingerprint density at radius 3 is 2.63 bits per heavy atom. The maximum Gasteiger partial charge on any atom is 0.129 e. The van der Waals surface area contributed by atoms with Crippen LogP contribution in [0.5, 0.6) is 0 Å². The molecule has 0 atom stereocenters. The lowest BCUT2D eigenvalue weighted by atomic mass is 10.0. The van der Waals surface area contributed by atoms with Gasteiger partial charge in [0.05, 0.1) is 16.6 Å². The van der Waals surface area contributed by atoms with E-state index < -0.39 is 0 Å². The summed E-state index contributed by atoms with van der Waals surface area (Å²) in [6, 6.07) is 6.53. The first-order valence-electron chi connectivity index (χ1n) is 7.22. The Kier molecular flexibility index (Phi) is 3.95. The molecule has 104 valence electrons. The average Bonchev–Trinajstić information content (AvgIpc) is 2.68. The second-order valence-corrected chi connectivity index (χ2v) is 5.73. The normalized spacial score (nSPS) is 12.3. The minimum Gasteiger partial charge on any atom is -0.326 e. The van der Waals surface area contributed by atoms with Crippen LogP contribution >= 0.6 is 0 Å². The van der Waals surface area contributed by atoms with Crippen molar-refractivity contribution >= 4 is 11.0 Å². The van der Waals surface area contributed by atoms with E-state index in [4.69, 9.17) is 4.98 Å². The fraction of sp³-hybridized carbons (Fsp3) is 0.562. The molecule has 0 radical (unpaired) electrons. The molecular weight excluding hydrogens is 234 g/mol. The highest BCUT2D eigenvalue weighted by Crippen LogP contribution is 2.25. The summed E-state index contributed by atoms with van der Waals surface area (Å²) in [4.78, 5) is 4.88. The Labute approximate surface area is 116 Å². The predicted octanol–water partition coefficient (Wildman–Crippen LogP) is 3.60. The Balaban J connectivity index is 2.62. The molecule has 0 bridgehead atoms. The summed E-state index contributed by atoms with van der Waals surface area (Å²) in [6.07, 6.45) is 1.12. The number of hydrogen-bond donors (Lipinski definition) is 1. The molecule has 0 aliphatic rings. The van der Waals surface area contributed by atoms with Gasteiger partial charge >= 0.3 is 0 Å². The van der Waals surface area contributed by atoms with E-state index in [1.807, 2.05) is 0 Å². The Hall–Kier alpha value is -1.35. The quantitative estimate of drug-likeness (QED) is 0.889. The molecule has 1 heterocycles. The first-order valence-corrected chi connectivity index (χ1v) is 7.22. The topological polar surface area (TPSA) is 29.9 Å². The molecule has 3 nitrogen and oxygen atoms in total. The maximum absolute atomic E-state index is 4.88. The molecule has 0 aliphatic carbocycles. The maximum atomic E-state index is 4.88. The Morgan fingerprint density at radius 1 is 1.26 bits per heavy atom. The lowest BCUT2D eigenvalue weighted by Crippen LogP contribution is -2.39. The largest absolute Gasteiger partial charge is 0.326 e. The molecule has 0 unspecified atom stereocenters. The van der Waals surface area contributed by atoms with E-state index >= 15 is 0 Å². The molecule has 1 aromatic carbocycles. The van der Waals surface area contributed by atoms with Crippen molar-refractivity contribution in [1.29, 1.82) is 0 Å². The minimum atomic E-state index is -0.100. The van der Waals surface area contributed by atoms with Crippen LogP contribution in [0, 0.1) is 6.92 Å². The highest BCUT2D eigenvalue weighted by molar-refractivity contribution is 5.77. The molecule has 19 heavy (non-hydrogen) atoms. The Morgan fingerprint density at radius 2 is 2.00 bits per heavy atom. The standard InChI is InChI=1S/C16H25N3/c1-6-10-19-14-9-8-12(3)11-13(14)18-15(19)16(4,5)17-7-2/h8-9,11,17H,6-7,10H2,1-5H3. The van der Waals surface area contributed by atoms with E-state index in [1.54, 1.807) is 0 Å². The van der Waals surface area contributed by atoms with Gasteiger partial charge < -0.3 is 9.88 Å². The van der Waals surface area contributed by atoms with E-state index in [9.17, 15) is 0 Å². The van der Waals surface area contributed by atoms with Crippen molar-refractivity contribution in [3.8, 4) is 0 Å². The summed E-state index contributed by atoms with van der Waals surface area (Å²) in [6.45, 7) is 12.8. The smallest absolute Gasteiger partial charge is 0.129 e. The van der Waals surface area contributed by atoms with Crippen molar-refractivity contribution in [2.24, 2.45) is 0 Å². The van der Waals surface area contributed by atoms with Gasteiger partial charge in [-0.15, -0.1) is 0 Å². The van der Waals surface area contributed by atoms with Gasteiger partial charge in [-0.25, -0.2) is 4.98 Å². The number of aryl methyl sites for hydroxylation is 2. The van der Waals surface area contributed by atoms with Crippen LogP contribution in [0.3, 0.4) is 0 Å². The lowest BCUT2D eigenvalue weighted by molar-refractivity contribution is 0.375. The predicted molar refractivity (Wildman–Crippen MR) is 81.5 cm³/mol. The van der Waals surface area contributed by atoms with E-state index in [-0.39, 0.29) is 5.54 Å². The number of aromatic nitrogens is 2. The molecule has 0 fully saturated rings. The van der Waals surface area contributed by atoms with Gasteiger partial charge in [0.15, 0.2) is 0 Å². The number of fused-ring (bicyclic) bond motifs is 1. The van der Waals surface area contributed by atoms with Crippen LogP contribution in [-0.4, -0.2) is 16.1 Å². The van der Waals surface area contributed by atoms with Crippen molar-refractivity contribution in [3.63, 3.8) is 0 Å². The molecular formula is C16H25N3. The van der Waals surface area contributed by atoms with Crippen molar-refractivity contribution in [3.05, 3.63) is 29.6 Å². The highest BCUT2D eigenvalue weighted by Gasteiger charge is 2.26. The second-order valence-electron chi connectivity index (χ2n) is 5.73. The van der Waals surface area contributed by atoms with Crippen molar-refractivity contribution < 1.29 is 0 Å². The Bertz CT molecular complexity index is 567. The van der Waals surface area contributed by atoms with E-state index in [1.165, 1.54) is 11.1 Å². The molecule has 1 aromatic heterocycles. The third-order valence-electron chi connectivity index (χ3n) is 3.53. The molecule has 3 heteroatoms. The zero-order valence-electron chi connectivity index (χ0n) is 12.7. The number of imidazole rings is 1. The van der Waals surface area contributed by atoms with Crippen LogP contribution < -0.4 is 5.32 Å². The molecule has 2 aromatic rings. The fourth-order valence-electron chi connectivity index (χ4n) is 2.69. The molecule has 2 rings (SSSR count). The van der Waals surface area contributed by atoms with Gasteiger partial charge in [-0.2, -0.15) is 0 Å². The van der Waals surface area contributed by atoms with Crippen molar-refractivity contribution in [2.45, 2.75) is 53.1 Å². The van der Waals surface area contributed by atoms with Gasteiger partial charge in [0.2, 0.25) is 0 Å². The summed E-state index contributed by atoms with van der Waals surface area (Å²) >= 11 is 0. The van der Waals surface area contributed by atoms with Crippen molar-refractivity contribution in [2.75, 3.05) is 6.54 Å². The second kappa shape index (κ2) is 5.33. The van der Waals surface area contributed by atoms with Gasteiger partial charge in [-0.05, 0) is 51.4 Å². The summed E-state index contributed by atoms with van der Waals surface area (Å²) in [5.74, 6) is 1.14. The van der Waals surface area contributed by atoms with E-state index in [0.29, 0.717) is 0 Å². The summed E-state index contributed by atoms with van der Waals surface area (Å²) in [5.41, 5.74) is 3.51. The molecule has 0 spiro atoms. The van der Waals surface area contributed by atoms with Crippen LogP contribution in [0.2, 0.25) is 0 Å². The number of rotatable bonds is 5. The summed E-state index contributed by atoms with van der Waals surface area (Å²) < 4.78 is 2.36. The fourth-order valence-corrected chi connectivity index (χ4v) is 2.69. The van der Waals surface area contributed by atoms with E-state index in [2.05, 4.69) is 62.7 Å². The van der Waals surface area contributed by atoms with Crippen LogP contribution in [0.4, 0.5) is 0 Å². The van der Waals surface area contributed by atoms with Crippen molar-refractivity contribution in [1.82, 2.24) is 14.9 Å². The van der Waals surface area contributed by atoms with Gasteiger partial charge in [0, 0.05) is 6.54 Å². The van der Waals surface area contributed by atoms with E-state index in [0.717, 1.165) is 30.9 Å². The molecule has 1 N–H and O–H groups in total. The number of hydrogen-bond acceptors (Lipinski definition) is 2. The third-order valence-corrected chi connectivity index (χ3v) is 3.53. The molecule has 0 saturated heterocycles. The first-order chi connectivity index (χ1) is 8.99. The summed E-state index contributed by atoms with van der Waals surface area (Å²) in [7, 11) is 0. The van der Waals surface area contributed by atoms with Crippen LogP contribution in [-0.2, 0) is 12.1 Å². The SMILES string of the molecule is CCCn1c(C(C)(C)NCC)nc2cc(C)ccc21. The van der Waals surface area contributed by atoms with Crippen LogP contribution in [0.15, 0.2) is 18.2 Å². The minimum absolute atomic E-state index is 0.100. The number of nitrogens with zero attached hydrogens (tertiary/aromatic N) is 2. The first kappa shape index (κ1) is 14.1. The van der Waals surface area contributed by atoms with Gasteiger partial charge in [-0.1, -0.05) is 19.9 Å². The summed E-state index contributed by atoms with van der Waals surface area (Å²) in [5, 5.41) is 3.53. The molecule has 0 saturated carbocycles. The third kappa shape index (κ3) is 2.66. The lowest BCUT2D eigenvalue weighted by Gasteiger charge is -2.26. The number of benzene rings is 1. The monoisotopic (exact) mass is 259 g/mol. The molecule has 0 aliphatic heterocycles. The van der Waals surface area contributed by atoms with Gasteiger partial charge in [0.25, 0.3) is 0 Å².